The van der Waals surface area contributed by atoms with Crippen molar-refractivity contribution in [2.24, 2.45) is 0 Å². The zero-order valence-corrected chi connectivity index (χ0v) is 25.9. The third-order valence-electron chi connectivity index (χ3n) is 7.57. The number of pyridine rings is 2. The number of piperazine rings is 1. The summed E-state index contributed by atoms with van der Waals surface area (Å²) >= 11 is 12.6. The average Bonchev–Trinajstić information content (AvgIpc) is 2.98. The van der Waals surface area contributed by atoms with Crippen molar-refractivity contribution in [1.82, 2.24) is 25.1 Å². The van der Waals surface area contributed by atoms with Gasteiger partial charge in [-0.05, 0) is 61.9 Å². The molecule has 0 radical (unpaired) electrons. The van der Waals surface area contributed by atoms with Gasteiger partial charge in [0.05, 0.1) is 11.9 Å². The van der Waals surface area contributed by atoms with Crippen molar-refractivity contribution in [1.29, 1.82) is 0 Å². The van der Waals surface area contributed by atoms with Crippen LogP contribution in [0, 0.1) is 0 Å². The van der Waals surface area contributed by atoms with E-state index >= 15 is 0 Å². The summed E-state index contributed by atoms with van der Waals surface area (Å²) < 4.78 is 11.7. The van der Waals surface area contributed by atoms with E-state index in [0.29, 0.717) is 46.8 Å². The number of likely N-dealkylation sites (N-methyl/N-ethyl adjacent to an activating group) is 1. The smallest absolute Gasteiger partial charge is 0.414 e. The number of nitrogens with one attached hydrogen (secondary N) is 1. The third kappa shape index (κ3) is 8.79. The van der Waals surface area contributed by atoms with Gasteiger partial charge in [0.1, 0.15) is 17.7 Å². The lowest BCUT2D eigenvalue weighted by Crippen LogP contribution is -2.44. The molecule has 228 valence electrons. The molecule has 2 aliphatic heterocycles. The Morgan fingerprint density at radius 2 is 1.70 bits per heavy atom. The minimum Gasteiger partial charge on any atom is -0.446 e. The van der Waals surface area contributed by atoms with Crippen molar-refractivity contribution >= 4 is 41.0 Å². The topological polar surface area (TPSA) is 100 Å². The van der Waals surface area contributed by atoms with Gasteiger partial charge in [0.25, 0.3) is 0 Å². The van der Waals surface area contributed by atoms with Crippen LogP contribution in [0.5, 0.6) is 11.6 Å². The fraction of sp³-hybridized carbons (Fsp3) is 0.419. The molecule has 2 aromatic heterocycles. The van der Waals surface area contributed by atoms with Gasteiger partial charge in [0.15, 0.2) is 0 Å². The number of benzene rings is 1. The Morgan fingerprint density at radius 3 is 2.35 bits per heavy atom. The number of nitrogens with zero attached hydrogens (tertiary/aromatic N) is 5. The van der Waals surface area contributed by atoms with Gasteiger partial charge < -0.3 is 19.3 Å². The molecular weight excluding hydrogens is 591 g/mol. The number of ether oxygens (including phenoxy) is 2. The van der Waals surface area contributed by atoms with Crippen LogP contribution in [-0.4, -0.2) is 84.2 Å². The number of imide groups is 1. The van der Waals surface area contributed by atoms with Gasteiger partial charge in [-0.25, -0.2) is 14.8 Å². The summed E-state index contributed by atoms with van der Waals surface area (Å²) in [6, 6.07) is 13.2. The van der Waals surface area contributed by atoms with Crippen LogP contribution in [0.25, 0.3) is 11.3 Å². The lowest BCUT2D eigenvalue weighted by atomic mass is 10.1. The monoisotopic (exact) mass is 626 g/mol. The number of hydrogen-bond acceptors (Lipinski definition) is 9. The van der Waals surface area contributed by atoms with Crippen molar-refractivity contribution in [3.8, 4) is 22.9 Å². The Hall–Kier alpha value is -3.44. The van der Waals surface area contributed by atoms with Crippen LogP contribution >= 0.6 is 23.2 Å². The number of halogens is 2. The van der Waals surface area contributed by atoms with Gasteiger partial charge in [-0.15, -0.1) is 0 Å². The molecule has 2 aliphatic rings. The van der Waals surface area contributed by atoms with E-state index in [2.05, 4.69) is 32.0 Å². The molecule has 1 N–H and O–H groups in total. The minimum atomic E-state index is -0.683. The number of piperidine rings is 1. The quantitative estimate of drug-likeness (QED) is 0.341. The second kappa shape index (κ2) is 14.4. The first-order valence-corrected chi connectivity index (χ1v) is 15.3. The van der Waals surface area contributed by atoms with Gasteiger partial charge in [-0.1, -0.05) is 30.1 Å². The van der Waals surface area contributed by atoms with E-state index in [0.717, 1.165) is 56.2 Å². The van der Waals surface area contributed by atoms with E-state index in [4.69, 9.17) is 37.7 Å². The van der Waals surface area contributed by atoms with Crippen molar-refractivity contribution in [3.05, 3.63) is 64.3 Å². The fourth-order valence-corrected chi connectivity index (χ4v) is 5.68. The summed E-state index contributed by atoms with van der Waals surface area (Å²) in [4.78, 5) is 39.7. The predicted octanol–water partition coefficient (Wildman–Crippen LogP) is 5.62. The van der Waals surface area contributed by atoms with Crippen LogP contribution in [-0.2, 0) is 16.1 Å². The lowest BCUT2D eigenvalue weighted by molar-refractivity contribution is -0.120. The molecule has 0 spiro atoms. The standard InChI is InChI=1S/C31H36Cl2N6O4/c1-3-29(40)36-31(41)43-25-6-8-38(9-7-25)20-21-14-27(22-16-23(32)18-24(33)17-22)35-30(15-21)42-26-4-5-28(34-19-26)39-12-10-37(2)11-13-39/h4-5,14-19,25H,3,6-13,20H2,1-2H3,(H,36,40,41). The predicted molar refractivity (Wildman–Crippen MR) is 167 cm³/mol. The Balaban J connectivity index is 1.29. The van der Waals surface area contributed by atoms with Crippen LogP contribution < -0.4 is 15.0 Å². The first kappa shape index (κ1) is 31.0. The molecule has 0 saturated carbocycles. The van der Waals surface area contributed by atoms with Crippen LogP contribution in [0.2, 0.25) is 10.0 Å². The Morgan fingerprint density at radius 1 is 0.977 bits per heavy atom. The average molecular weight is 628 g/mol. The lowest BCUT2D eigenvalue weighted by Gasteiger charge is -2.33. The highest BCUT2D eigenvalue weighted by molar-refractivity contribution is 6.35. The highest BCUT2D eigenvalue weighted by atomic mass is 35.5. The van der Waals surface area contributed by atoms with E-state index in [9.17, 15) is 9.59 Å². The van der Waals surface area contributed by atoms with Crippen molar-refractivity contribution in [2.45, 2.75) is 38.8 Å². The number of hydrogen-bond donors (Lipinski definition) is 1. The molecule has 0 aliphatic carbocycles. The van der Waals surface area contributed by atoms with E-state index in [1.165, 1.54) is 0 Å². The van der Waals surface area contributed by atoms with Crippen LogP contribution in [0.4, 0.5) is 10.6 Å². The van der Waals surface area contributed by atoms with E-state index in [-0.39, 0.29) is 18.4 Å². The maximum atomic E-state index is 12.0. The fourth-order valence-electron chi connectivity index (χ4n) is 5.16. The minimum absolute atomic E-state index is 0.229. The Bertz CT molecular complexity index is 1400. The van der Waals surface area contributed by atoms with Crippen LogP contribution in [0.3, 0.4) is 0 Å². The molecule has 5 rings (SSSR count). The molecule has 0 atom stereocenters. The normalized spacial score (nSPS) is 16.6. The second-order valence-electron chi connectivity index (χ2n) is 10.9. The summed E-state index contributed by atoms with van der Waals surface area (Å²) in [6.07, 6.45) is 2.38. The molecule has 2 saturated heterocycles. The summed E-state index contributed by atoms with van der Waals surface area (Å²) in [5, 5.41) is 3.28. The number of carbonyl (C=O) groups excluding carboxylic acids is 2. The number of likely N-dealkylation sites (tertiary alicyclic amines) is 1. The Labute approximate surface area is 261 Å². The van der Waals surface area contributed by atoms with Crippen molar-refractivity contribution < 1.29 is 19.1 Å². The molecule has 0 unspecified atom stereocenters. The molecule has 1 aromatic carbocycles. The number of aromatic nitrogens is 2. The van der Waals surface area contributed by atoms with Crippen molar-refractivity contribution in [2.75, 3.05) is 51.2 Å². The SMILES string of the molecule is CCC(=O)NC(=O)OC1CCN(Cc2cc(Oc3ccc(N4CCN(C)CC4)nc3)nc(-c3cc(Cl)cc(Cl)c3)c2)CC1. The zero-order valence-electron chi connectivity index (χ0n) is 24.4. The van der Waals surface area contributed by atoms with E-state index < -0.39 is 6.09 Å². The zero-order chi connectivity index (χ0) is 30.3. The Kier molecular flexibility index (Phi) is 10.3. The molecule has 10 nitrogen and oxygen atoms in total. The van der Waals surface area contributed by atoms with Gasteiger partial charge in [0, 0.05) is 73.9 Å². The molecule has 2 amide bonds. The third-order valence-corrected chi connectivity index (χ3v) is 8.00. The van der Waals surface area contributed by atoms with Gasteiger partial charge >= 0.3 is 6.09 Å². The van der Waals surface area contributed by atoms with Gasteiger partial charge in [0.2, 0.25) is 11.8 Å². The number of amides is 2. The summed E-state index contributed by atoms with van der Waals surface area (Å²) in [6.45, 7) is 7.68. The van der Waals surface area contributed by atoms with Gasteiger partial charge in [-0.2, -0.15) is 0 Å². The number of carbonyl (C=O) groups is 2. The molecular formula is C31H36Cl2N6O4. The molecule has 43 heavy (non-hydrogen) atoms. The number of alkyl carbamates (subject to hydrolysis) is 1. The molecule has 3 aromatic rings. The molecule has 2 fully saturated rings. The number of anilines is 1. The summed E-state index contributed by atoms with van der Waals surface area (Å²) in [5.41, 5.74) is 2.48. The van der Waals surface area contributed by atoms with Gasteiger partial charge in [-0.3, -0.25) is 15.0 Å². The maximum Gasteiger partial charge on any atom is 0.414 e. The molecule has 4 heterocycles. The largest absolute Gasteiger partial charge is 0.446 e. The number of rotatable bonds is 8. The summed E-state index contributed by atoms with van der Waals surface area (Å²) in [7, 11) is 2.13. The summed E-state index contributed by atoms with van der Waals surface area (Å²) in [5.74, 6) is 1.61. The first-order chi connectivity index (χ1) is 20.7. The van der Waals surface area contributed by atoms with E-state index in [1.54, 1.807) is 19.2 Å². The molecule has 12 heteroatoms. The van der Waals surface area contributed by atoms with Crippen LogP contribution in [0.15, 0.2) is 48.7 Å². The van der Waals surface area contributed by atoms with Crippen LogP contribution in [0.1, 0.15) is 31.7 Å². The van der Waals surface area contributed by atoms with E-state index in [1.807, 2.05) is 36.4 Å². The van der Waals surface area contributed by atoms with Crippen molar-refractivity contribution in [3.63, 3.8) is 0 Å². The second-order valence-corrected chi connectivity index (χ2v) is 11.8. The first-order valence-electron chi connectivity index (χ1n) is 14.5. The molecule has 0 bridgehead atoms. The maximum absolute atomic E-state index is 12.0. The highest BCUT2D eigenvalue weighted by Crippen LogP contribution is 2.31. The highest BCUT2D eigenvalue weighted by Gasteiger charge is 2.24.